The minimum atomic E-state index is 0.00905. The van der Waals surface area contributed by atoms with Crippen molar-refractivity contribution < 1.29 is 4.79 Å². The zero-order valence-electron chi connectivity index (χ0n) is 9.41. The summed E-state index contributed by atoms with van der Waals surface area (Å²) < 4.78 is 1.13. The highest BCUT2D eigenvalue weighted by Crippen LogP contribution is 2.26. The number of carbonyl (C=O) groups is 1. The van der Waals surface area contributed by atoms with Gasteiger partial charge < -0.3 is 5.32 Å². The van der Waals surface area contributed by atoms with Crippen molar-refractivity contribution in [3.8, 4) is 0 Å². The fourth-order valence-corrected chi connectivity index (χ4v) is 2.40. The lowest BCUT2D eigenvalue weighted by Crippen LogP contribution is -2.08. The molecule has 0 aliphatic rings. The van der Waals surface area contributed by atoms with Gasteiger partial charge >= 0.3 is 0 Å². The normalized spacial score (nSPS) is 10.6. The lowest BCUT2D eigenvalue weighted by Gasteiger charge is -1.95. The quantitative estimate of drug-likeness (QED) is 0.886. The van der Waals surface area contributed by atoms with Gasteiger partial charge in [-0.05, 0) is 24.1 Å². The van der Waals surface area contributed by atoms with Crippen molar-refractivity contribution in [1.29, 1.82) is 0 Å². The molecule has 0 spiro atoms. The second kappa shape index (κ2) is 4.61. The molecule has 1 N–H and O–H groups in total. The van der Waals surface area contributed by atoms with E-state index in [1.165, 1.54) is 16.9 Å². The molecular weight excluding hydrogens is 220 g/mol. The molecule has 0 saturated carbocycles. The summed E-state index contributed by atoms with van der Waals surface area (Å²) in [4.78, 5) is 15.6. The van der Waals surface area contributed by atoms with Gasteiger partial charge in [0.15, 0.2) is 5.13 Å². The predicted molar refractivity (Wildman–Crippen MR) is 67.9 cm³/mol. The van der Waals surface area contributed by atoms with E-state index in [9.17, 15) is 4.79 Å². The van der Waals surface area contributed by atoms with Crippen LogP contribution in [0.3, 0.4) is 0 Å². The van der Waals surface area contributed by atoms with E-state index in [0.717, 1.165) is 16.6 Å². The molecule has 0 radical (unpaired) electrons. The molecule has 1 aromatic heterocycles. The number of hydrogen-bond donors (Lipinski definition) is 1. The lowest BCUT2D eigenvalue weighted by atomic mass is 10.2. The third-order valence-electron chi connectivity index (χ3n) is 2.43. The third-order valence-corrected chi connectivity index (χ3v) is 3.36. The molecule has 84 valence electrons. The van der Waals surface area contributed by atoms with Crippen molar-refractivity contribution in [1.82, 2.24) is 4.98 Å². The Bertz CT molecular complexity index is 519. The smallest absolute Gasteiger partial charge is 0.225 e. The maximum absolute atomic E-state index is 11.2. The maximum atomic E-state index is 11.2. The van der Waals surface area contributed by atoms with E-state index in [-0.39, 0.29) is 5.91 Å². The molecule has 0 fully saturated rings. The number of aryl methyl sites for hydroxylation is 1. The van der Waals surface area contributed by atoms with Crippen molar-refractivity contribution in [2.24, 2.45) is 0 Å². The predicted octanol–water partition coefficient (Wildman–Crippen LogP) is 3.21. The standard InChI is InChI=1S/C12H14N2OS/c1-3-8-5-6-9-10(7-8)16-12(13-9)14-11(15)4-2/h5-7H,3-4H2,1-2H3,(H,13,14,15). The molecular formula is C12H14N2OS. The van der Waals surface area contributed by atoms with E-state index in [0.29, 0.717) is 11.6 Å². The Morgan fingerprint density at radius 3 is 2.94 bits per heavy atom. The number of anilines is 1. The Balaban J connectivity index is 2.32. The van der Waals surface area contributed by atoms with Gasteiger partial charge in [-0.2, -0.15) is 0 Å². The zero-order chi connectivity index (χ0) is 11.5. The average Bonchev–Trinajstić information content (AvgIpc) is 2.69. The monoisotopic (exact) mass is 234 g/mol. The first-order valence-corrected chi connectivity index (χ1v) is 6.24. The summed E-state index contributed by atoms with van der Waals surface area (Å²) >= 11 is 1.53. The number of nitrogens with one attached hydrogen (secondary N) is 1. The summed E-state index contributed by atoms with van der Waals surface area (Å²) in [5.41, 5.74) is 2.25. The van der Waals surface area contributed by atoms with Crippen LogP contribution in [0.5, 0.6) is 0 Å². The van der Waals surface area contributed by atoms with Crippen LogP contribution in [0.15, 0.2) is 18.2 Å². The summed E-state index contributed by atoms with van der Waals surface area (Å²) in [5, 5.41) is 3.48. The van der Waals surface area contributed by atoms with Crippen LogP contribution in [-0.4, -0.2) is 10.9 Å². The number of rotatable bonds is 3. The number of nitrogens with zero attached hydrogens (tertiary/aromatic N) is 1. The zero-order valence-corrected chi connectivity index (χ0v) is 10.2. The molecule has 0 unspecified atom stereocenters. The van der Waals surface area contributed by atoms with E-state index >= 15 is 0 Å². The van der Waals surface area contributed by atoms with Gasteiger partial charge in [0.2, 0.25) is 5.91 Å². The van der Waals surface area contributed by atoms with E-state index in [1.54, 1.807) is 0 Å². The van der Waals surface area contributed by atoms with Crippen LogP contribution in [0.1, 0.15) is 25.8 Å². The van der Waals surface area contributed by atoms with Gasteiger partial charge in [-0.3, -0.25) is 4.79 Å². The van der Waals surface area contributed by atoms with E-state index < -0.39 is 0 Å². The second-order valence-electron chi connectivity index (χ2n) is 3.58. The first-order valence-electron chi connectivity index (χ1n) is 5.42. The first kappa shape index (κ1) is 11.1. The molecule has 0 atom stereocenters. The minimum absolute atomic E-state index is 0.00905. The molecule has 0 aliphatic heterocycles. The van der Waals surface area contributed by atoms with Crippen molar-refractivity contribution >= 4 is 32.6 Å². The molecule has 1 heterocycles. The van der Waals surface area contributed by atoms with Crippen molar-refractivity contribution in [3.63, 3.8) is 0 Å². The minimum Gasteiger partial charge on any atom is -0.302 e. The van der Waals surface area contributed by atoms with Crippen LogP contribution in [0, 0.1) is 0 Å². The Morgan fingerprint density at radius 1 is 1.44 bits per heavy atom. The van der Waals surface area contributed by atoms with Crippen molar-refractivity contribution in [2.75, 3.05) is 5.32 Å². The van der Waals surface area contributed by atoms with Gasteiger partial charge in [0.1, 0.15) is 0 Å². The van der Waals surface area contributed by atoms with E-state index in [1.807, 2.05) is 13.0 Å². The van der Waals surface area contributed by atoms with Crippen molar-refractivity contribution in [2.45, 2.75) is 26.7 Å². The van der Waals surface area contributed by atoms with Gasteiger partial charge in [0, 0.05) is 6.42 Å². The van der Waals surface area contributed by atoms with Crippen LogP contribution < -0.4 is 5.32 Å². The summed E-state index contributed by atoms with van der Waals surface area (Å²) in [6.45, 7) is 3.96. The Labute approximate surface area is 98.5 Å². The number of thiazole rings is 1. The number of amides is 1. The fourth-order valence-electron chi connectivity index (χ4n) is 1.45. The molecule has 2 aromatic rings. The molecule has 0 aliphatic carbocycles. The topological polar surface area (TPSA) is 42.0 Å². The number of hydrogen-bond acceptors (Lipinski definition) is 3. The first-order chi connectivity index (χ1) is 7.72. The lowest BCUT2D eigenvalue weighted by molar-refractivity contribution is -0.115. The number of aromatic nitrogens is 1. The number of benzene rings is 1. The molecule has 16 heavy (non-hydrogen) atoms. The van der Waals surface area contributed by atoms with Crippen molar-refractivity contribution in [3.05, 3.63) is 23.8 Å². The second-order valence-corrected chi connectivity index (χ2v) is 4.61. The molecule has 1 amide bonds. The number of fused-ring (bicyclic) bond motifs is 1. The average molecular weight is 234 g/mol. The largest absolute Gasteiger partial charge is 0.302 e. The van der Waals surface area contributed by atoms with Crippen LogP contribution >= 0.6 is 11.3 Å². The van der Waals surface area contributed by atoms with Gasteiger partial charge in [-0.25, -0.2) is 4.98 Å². The van der Waals surface area contributed by atoms with Crippen LogP contribution in [0.25, 0.3) is 10.2 Å². The van der Waals surface area contributed by atoms with Crippen LogP contribution in [0.4, 0.5) is 5.13 Å². The summed E-state index contributed by atoms with van der Waals surface area (Å²) in [5.74, 6) is 0.00905. The highest BCUT2D eigenvalue weighted by Gasteiger charge is 2.06. The molecule has 0 saturated heterocycles. The highest BCUT2D eigenvalue weighted by molar-refractivity contribution is 7.22. The Kier molecular flexibility index (Phi) is 3.19. The van der Waals surface area contributed by atoms with E-state index in [4.69, 9.17) is 0 Å². The van der Waals surface area contributed by atoms with Gasteiger partial charge in [-0.15, -0.1) is 0 Å². The summed E-state index contributed by atoms with van der Waals surface area (Å²) in [6, 6.07) is 6.22. The molecule has 4 heteroatoms. The summed E-state index contributed by atoms with van der Waals surface area (Å²) in [6.07, 6.45) is 1.50. The SMILES string of the molecule is CCC(=O)Nc1nc2ccc(CC)cc2s1. The molecule has 3 nitrogen and oxygen atoms in total. The highest BCUT2D eigenvalue weighted by atomic mass is 32.1. The molecule has 1 aromatic carbocycles. The van der Waals surface area contributed by atoms with Gasteiger partial charge in [0.05, 0.1) is 10.2 Å². The van der Waals surface area contributed by atoms with Crippen LogP contribution in [0.2, 0.25) is 0 Å². The Hall–Kier alpha value is -1.42. The van der Waals surface area contributed by atoms with E-state index in [2.05, 4.69) is 29.4 Å². The van der Waals surface area contributed by atoms with Gasteiger partial charge in [0.25, 0.3) is 0 Å². The van der Waals surface area contributed by atoms with Crippen LogP contribution in [-0.2, 0) is 11.2 Å². The Morgan fingerprint density at radius 2 is 2.25 bits per heavy atom. The fraction of sp³-hybridized carbons (Fsp3) is 0.333. The third kappa shape index (κ3) is 2.22. The maximum Gasteiger partial charge on any atom is 0.225 e. The number of carbonyl (C=O) groups excluding carboxylic acids is 1. The van der Waals surface area contributed by atoms with Gasteiger partial charge in [-0.1, -0.05) is 31.3 Å². The molecule has 0 bridgehead atoms. The summed E-state index contributed by atoms with van der Waals surface area (Å²) in [7, 11) is 0. The molecule has 2 rings (SSSR count).